The fraction of sp³-hybridized carbons (Fsp3) is 0.538. The standard InChI is InChI=1S/C13H21NO2/c1-4-7-10-8-9-11(13(16)12(10)15)14(5-2)6-3/h8-9,15-16H,4-7H2,1-3H3. The third-order valence-electron chi connectivity index (χ3n) is 2.84. The zero-order chi connectivity index (χ0) is 12.1. The number of aromatic hydroxyl groups is 2. The van der Waals surface area contributed by atoms with Crippen LogP contribution in [-0.2, 0) is 6.42 Å². The molecule has 0 aliphatic heterocycles. The first-order valence-electron chi connectivity index (χ1n) is 5.94. The summed E-state index contributed by atoms with van der Waals surface area (Å²) < 4.78 is 0. The van der Waals surface area contributed by atoms with Gasteiger partial charge in [-0.05, 0) is 31.9 Å². The van der Waals surface area contributed by atoms with Gasteiger partial charge in [0.2, 0.25) is 0 Å². The molecule has 0 amide bonds. The fourth-order valence-corrected chi connectivity index (χ4v) is 1.90. The van der Waals surface area contributed by atoms with Gasteiger partial charge in [-0.2, -0.15) is 0 Å². The van der Waals surface area contributed by atoms with Gasteiger partial charge in [0, 0.05) is 13.1 Å². The third-order valence-corrected chi connectivity index (χ3v) is 2.84. The number of hydrogen-bond donors (Lipinski definition) is 2. The van der Waals surface area contributed by atoms with Crippen LogP contribution in [0.4, 0.5) is 5.69 Å². The molecule has 90 valence electrons. The molecule has 0 heterocycles. The van der Waals surface area contributed by atoms with Crippen LogP contribution in [-0.4, -0.2) is 23.3 Å². The molecule has 0 saturated carbocycles. The van der Waals surface area contributed by atoms with Crippen molar-refractivity contribution in [1.82, 2.24) is 0 Å². The summed E-state index contributed by atoms with van der Waals surface area (Å²) >= 11 is 0. The Morgan fingerprint density at radius 1 is 1.00 bits per heavy atom. The average molecular weight is 223 g/mol. The smallest absolute Gasteiger partial charge is 0.181 e. The summed E-state index contributed by atoms with van der Waals surface area (Å²) in [5, 5.41) is 19.8. The molecule has 3 heteroatoms. The second-order valence-electron chi connectivity index (χ2n) is 3.86. The van der Waals surface area contributed by atoms with Crippen LogP contribution in [0.15, 0.2) is 12.1 Å². The molecule has 0 fully saturated rings. The summed E-state index contributed by atoms with van der Waals surface area (Å²) in [6.07, 6.45) is 1.75. The minimum absolute atomic E-state index is 0.00894. The highest BCUT2D eigenvalue weighted by Gasteiger charge is 2.14. The lowest BCUT2D eigenvalue weighted by Crippen LogP contribution is -2.21. The molecule has 1 aromatic rings. The van der Waals surface area contributed by atoms with Crippen LogP contribution < -0.4 is 4.90 Å². The molecule has 0 bridgehead atoms. The number of nitrogens with zero attached hydrogens (tertiary/aromatic N) is 1. The number of benzene rings is 1. The molecule has 0 aliphatic carbocycles. The Bertz CT molecular complexity index is 346. The van der Waals surface area contributed by atoms with Gasteiger partial charge >= 0.3 is 0 Å². The summed E-state index contributed by atoms with van der Waals surface area (Å²) in [5.41, 5.74) is 1.53. The summed E-state index contributed by atoms with van der Waals surface area (Å²) in [6, 6.07) is 3.78. The van der Waals surface area contributed by atoms with Gasteiger partial charge in [-0.1, -0.05) is 19.4 Å². The first-order valence-corrected chi connectivity index (χ1v) is 5.94. The molecule has 0 saturated heterocycles. The number of hydrogen-bond acceptors (Lipinski definition) is 3. The van der Waals surface area contributed by atoms with E-state index in [0.29, 0.717) is 5.69 Å². The van der Waals surface area contributed by atoms with Crippen LogP contribution in [0.3, 0.4) is 0 Å². The van der Waals surface area contributed by atoms with Gasteiger partial charge in [-0.3, -0.25) is 0 Å². The molecular formula is C13H21NO2. The van der Waals surface area contributed by atoms with Gasteiger partial charge in [-0.15, -0.1) is 0 Å². The Balaban J connectivity index is 3.10. The lowest BCUT2D eigenvalue weighted by atomic mass is 10.1. The highest BCUT2D eigenvalue weighted by Crippen LogP contribution is 2.38. The summed E-state index contributed by atoms with van der Waals surface area (Å²) in [5.74, 6) is 0.0425. The van der Waals surface area contributed by atoms with Crippen molar-refractivity contribution in [3.8, 4) is 11.5 Å². The van der Waals surface area contributed by atoms with Gasteiger partial charge in [0.15, 0.2) is 11.5 Å². The largest absolute Gasteiger partial charge is 0.504 e. The highest BCUT2D eigenvalue weighted by molar-refractivity contribution is 5.65. The van der Waals surface area contributed by atoms with Gasteiger partial charge in [0.25, 0.3) is 0 Å². The van der Waals surface area contributed by atoms with E-state index in [-0.39, 0.29) is 11.5 Å². The van der Waals surface area contributed by atoms with E-state index in [1.165, 1.54) is 0 Å². The maximum Gasteiger partial charge on any atom is 0.181 e. The molecule has 0 aliphatic rings. The molecule has 0 spiro atoms. The van der Waals surface area contributed by atoms with Crippen molar-refractivity contribution in [3.63, 3.8) is 0 Å². The number of phenolic OH excluding ortho intramolecular Hbond substituents is 2. The van der Waals surface area contributed by atoms with Crippen LogP contribution in [0, 0.1) is 0 Å². The SMILES string of the molecule is CCCc1ccc(N(CC)CC)c(O)c1O. The molecule has 16 heavy (non-hydrogen) atoms. The Hall–Kier alpha value is -1.38. The maximum atomic E-state index is 9.95. The molecule has 0 unspecified atom stereocenters. The normalized spacial score (nSPS) is 10.4. The number of anilines is 1. The van der Waals surface area contributed by atoms with Crippen LogP contribution in [0.5, 0.6) is 11.5 Å². The van der Waals surface area contributed by atoms with Crippen LogP contribution in [0.2, 0.25) is 0 Å². The monoisotopic (exact) mass is 223 g/mol. The van der Waals surface area contributed by atoms with E-state index in [1.54, 1.807) is 0 Å². The molecule has 0 aromatic heterocycles. The van der Waals surface area contributed by atoms with E-state index >= 15 is 0 Å². The van der Waals surface area contributed by atoms with Crippen LogP contribution in [0.25, 0.3) is 0 Å². The van der Waals surface area contributed by atoms with Crippen molar-refractivity contribution in [2.75, 3.05) is 18.0 Å². The minimum Gasteiger partial charge on any atom is -0.504 e. The molecule has 0 radical (unpaired) electrons. The van der Waals surface area contributed by atoms with Crippen molar-refractivity contribution < 1.29 is 10.2 Å². The number of phenols is 2. The molecule has 1 rings (SSSR count). The summed E-state index contributed by atoms with van der Waals surface area (Å²) in [6.45, 7) is 7.74. The van der Waals surface area contributed by atoms with E-state index < -0.39 is 0 Å². The Labute approximate surface area is 97.3 Å². The van der Waals surface area contributed by atoms with Gasteiger partial charge < -0.3 is 15.1 Å². The predicted molar refractivity (Wildman–Crippen MR) is 67.3 cm³/mol. The second-order valence-corrected chi connectivity index (χ2v) is 3.86. The maximum absolute atomic E-state index is 9.95. The Morgan fingerprint density at radius 3 is 2.12 bits per heavy atom. The molecule has 3 nitrogen and oxygen atoms in total. The first-order chi connectivity index (χ1) is 7.65. The molecule has 1 aromatic carbocycles. The van der Waals surface area contributed by atoms with Crippen molar-refractivity contribution >= 4 is 5.69 Å². The number of aryl methyl sites for hydroxylation is 1. The average Bonchev–Trinajstić information content (AvgIpc) is 2.29. The minimum atomic E-state index is 0.00894. The quantitative estimate of drug-likeness (QED) is 0.754. The van der Waals surface area contributed by atoms with Gasteiger partial charge in [0.1, 0.15) is 0 Å². The van der Waals surface area contributed by atoms with E-state index in [0.717, 1.165) is 31.5 Å². The lowest BCUT2D eigenvalue weighted by Gasteiger charge is -2.23. The topological polar surface area (TPSA) is 43.7 Å². The van der Waals surface area contributed by atoms with Crippen LogP contribution >= 0.6 is 0 Å². The van der Waals surface area contributed by atoms with E-state index in [4.69, 9.17) is 0 Å². The molecule has 0 atom stereocenters. The summed E-state index contributed by atoms with van der Waals surface area (Å²) in [4.78, 5) is 2.02. The Kier molecular flexibility index (Phi) is 4.47. The zero-order valence-electron chi connectivity index (χ0n) is 10.3. The molecule has 2 N–H and O–H groups in total. The summed E-state index contributed by atoms with van der Waals surface area (Å²) in [7, 11) is 0. The fourth-order valence-electron chi connectivity index (χ4n) is 1.90. The van der Waals surface area contributed by atoms with E-state index in [1.807, 2.05) is 30.9 Å². The van der Waals surface area contributed by atoms with Gasteiger partial charge in [-0.25, -0.2) is 0 Å². The second kappa shape index (κ2) is 5.64. The Morgan fingerprint density at radius 2 is 1.62 bits per heavy atom. The highest BCUT2D eigenvalue weighted by atomic mass is 16.3. The first kappa shape index (κ1) is 12.7. The lowest BCUT2D eigenvalue weighted by molar-refractivity contribution is 0.399. The van der Waals surface area contributed by atoms with Gasteiger partial charge in [0.05, 0.1) is 5.69 Å². The van der Waals surface area contributed by atoms with Crippen molar-refractivity contribution in [1.29, 1.82) is 0 Å². The molecular weight excluding hydrogens is 202 g/mol. The van der Waals surface area contributed by atoms with Crippen molar-refractivity contribution in [2.45, 2.75) is 33.6 Å². The number of rotatable bonds is 5. The van der Waals surface area contributed by atoms with Crippen molar-refractivity contribution in [3.05, 3.63) is 17.7 Å². The van der Waals surface area contributed by atoms with E-state index in [2.05, 4.69) is 6.92 Å². The predicted octanol–water partition coefficient (Wildman–Crippen LogP) is 2.90. The van der Waals surface area contributed by atoms with Crippen molar-refractivity contribution in [2.24, 2.45) is 0 Å². The zero-order valence-corrected chi connectivity index (χ0v) is 10.3. The van der Waals surface area contributed by atoms with Crippen LogP contribution in [0.1, 0.15) is 32.8 Å². The van der Waals surface area contributed by atoms with E-state index in [9.17, 15) is 10.2 Å². The third kappa shape index (κ3) is 2.40.